The number of carbonyl (C=O) groups excluding carboxylic acids is 2. The number of aliphatic hydroxyl groups is 1. The molecule has 0 aromatic carbocycles. The normalized spacial score (nSPS) is 13.5. The average Bonchev–Trinajstić information content (AvgIpc) is 3.08. The van der Waals surface area contributed by atoms with Gasteiger partial charge in [-0.15, -0.1) is 11.3 Å². The maximum Gasteiger partial charge on any atom is 0.220 e. The van der Waals surface area contributed by atoms with Gasteiger partial charge in [0.05, 0.1) is 6.54 Å². The van der Waals surface area contributed by atoms with Crippen LogP contribution in [-0.4, -0.2) is 23.3 Å². The minimum atomic E-state index is -1.28. The topological polar surface area (TPSA) is 79.5 Å². The maximum atomic E-state index is 12.2. The summed E-state index contributed by atoms with van der Waals surface area (Å²) in [6.07, 6.45) is 0.255. The van der Waals surface area contributed by atoms with Crippen LogP contribution in [0.5, 0.6) is 0 Å². The van der Waals surface area contributed by atoms with Gasteiger partial charge in [0.15, 0.2) is 5.78 Å². The van der Waals surface area contributed by atoms with Gasteiger partial charge < -0.3 is 14.8 Å². The van der Waals surface area contributed by atoms with Crippen molar-refractivity contribution in [1.82, 2.24) is 5.32 Å². The van der Waals surface area contributed by atoms with Crippen molar-refractivity contribution < 1.29 is 19.1 Å². The molecule has 2 N–H and O–H groups in total. The average molecular weight is 349 g/mol. The standard InChI is InChI=1S/C18H23NO4S/c1-11-5-7-16(23-11)18(4,22)10-19-17(21)8-6-15(20)14-9-12(2)24-13(14)3/h5,7,9,22H,6,8,10H2,1-4H3,(H,19,21). The van der Waals surface area contributed by atoms with Crippen LogP contribution in [0.1, 0.15) is 51.4 Å². The molecular weight excluding hydrogens is 326 g/mol. The molecule has 2 rings (SSSR count). The first-order valence-corrected chi connectivity index (χ1v) is 8.67. The molecule has 1 unspecified atom stereocenters. The molecule has 1 amide bonds. The first-order valence-electron chi connectivity index (χ1n) is 7.85. The number of hydrogen-bond donors (Lipinski definition) is 2. The van der Waals surface area contributed by atoms with Crippen molar-refractivity contribution in [1.29, 1.82) is 0 Å². The molecule has 0 spiro atoms. The van der Waals surface area contributed by atoms with Gasteiger partial charge in [-0.05, 0) is 45.9 Å². The number of furan rings is 1. The molecule has 0 bridgehead atoms. The summed E-state index contributed by atoms with van der Waals surface area (Å²) < 4.78 is 5.40. The molecule has 5 nitrogen and oxygen atoms in total. The van der Waals surface area contributed by atoms with Crippen molar-refractivity contribution in [3.63, 3.8) is 0 Å². The highest BCUT2D eigenvalue weighted by Gasteiger charge is 2.27. The van der Waals surface area contributed by atoms with Crippen LogP contribution >= 0.6 is 11.3 Å². The lowest BCUT2D eigenvalue weighted by molar-refractivity contribution is -0.122. The van der Waals surface area contributed by atoms with Crippen LogP contribution in [0.15, 0.2) is 22.6 Å². The minimum absolute atomic E-state index is 0.0274. The van der Waals surface area contributed by atoms with Crippen LogP contribution in [-0.2, 0) is 10.4 Å². The molecule has 0 saturated carbocycles. The van der Waals surface area contributed by atoms with Crippen molar-refractivity contribution in [2.75, 3.05) is 6.54 Å². The third-order valence-electron chi connectivity index (χ3n) is 3.82. The zero-order valence-corrected chi connectivity index (χ0v) is 15.3. The molecule has 1 atom stereocenters. The minimum Gasteiger partial charge on any atom is -0.463 e. The number of amides is 1. The van der Waals surface area contributed by atoms with E-state index in [1.54, 1.807) is 37.3 Å². The van der Waals surface area contributed by atoms with Crippen molar-refractivity contribution in [3.8, 4) is 0 Å². The van der Waals surface area contributed by atoms with Crippen molar-refractivity contribution in [3.05, 3.63) is 45.0 Å². The fourth-order valence-corrected chi connectivity index (χ4v) is 3.38. The van der Waals surface area contributed by atoms with Crippen LogP contribution < -0.4 is 5.32 Å². The second-order valence-electron chi connectivity index (χ2n) is 6.21. The lowest BCUT2D eigenvalue weighted by Crippen LogP contribution is -2.38. The van der Waals surface area contributed by atoms with Crippen LogP contribution in [0.25, 0.3) is 0 Å². The summed E-state index contributed by atoms with van der Waals surface area (Å²) in [6, 6.07) is 5.31. The fourth-order valence-electron chi connectivity index (χ4n) is 2.44. The number of Topliss-reactive ketones (excluding diaryl/α,β-unsaturated/α-hetero) is 1. The van der Waals surface area contributed by atoms with Gasteiger partial charge in [-0.25, -0.2) is 0 Å². The summed E-state index contributed by atoms with van der Waals surface area (Å²) in [4.78, 5) is 26.2. The van der Waals surface area contributed by atoms with Crippen molar-refractivity contribution >= 4 is 23.0 Å². The number of nitrogens with one attached hydrogen (secondary N) is 1. The first-order chi connectivity index (χ1) is 11.2. The number of thiophene rings is 1. The van der Waals surface area contributed by atoms with Crippen LogP contribution in [0.4, 0.5) is 0 Å². The molecule has 0 aliphatic carbocycles. The summed E-state index contributed by atoms with van der Waals surface area (Å²) in [5.74, 6) is 0.807. The summed E-state index contributed by atoms with van der Waals surface area (Å²) in [5.41, 5.74) is -0.585. The Morgan fingerprint density at radius 1 is 1.25 bits per heavy atom. The Morgan fingerprint density at radius 3 is 2.50 bits per heavy atom. The Labute approximate surface area is 145 Å². The smallest absolute Gasteiger partial charge is 0.220 e. The highest BCUT2D eigenvalue weighted by atomic mass is 32.1. The van der Waals surface area contributed by atoms with Crippen LogP contribution in [0.2, 0.25) is 0 Å². The molecule has 0 fully saturated rings. The largest absolute Gasteiger partial charge is 0.463 e. The molecule has 0 aliphatic heterocycles. The zero-order chi connectivity index (χ0) is 17.9. The van der Waals surface area contributed by atoms with E-state index >= 15 is 0 Å². The molecule has 2 aromatic rings. The molecule has 0 aliphatic rings. The Hall–Kier alpha value is -1.92. The number of ketones is 1. The lowest BCUT2D eigenvalue weighted by Gasteiger charge is -2.21. The predicted molar refractivity (Wildman–Crippen MR) is 93.4 cm³/mol. The van der Waals surface area contributed by atoms with Gasteiger partial charge in [0, 0.05) is 28.2 Å². The Kier molecular flexibility index (Phi) is 5.62. The predicted octanol–water partition coefficient (Wildman–Crippen LogP) is 3.25. The first kappa shape index (κ1) is 18.4. The van der Waals surface area contributed by atoms with E-state index in [0.29, 0.717) is 17.1 Å². The van der Waals surface area contributed by atoms with Gasteiger partial charge in [-0.1, -0.05) is 0 Å². The molecule has 6 heteroatoms. The SMILES string of the molecule is Cc1ccc(C(C)(O)CNC(=O)CCC(=O)c2cc(C)sc2C)o1. The molecule has 130 valence electrons. The number of aryl methyl sites for hydroxylation is 3. The van der Waals surface area contributed by atoms with Crippen LogP contribution in [0, 0.1) is 20.8 Å². The third kappa shape index (κ3) is 4.55. The van der Waals surface area contributed by atoms with Gasteiger partial charge in [0.2, 0.25) is 5.91 Å². The summed E-state index contributed by atoms with van der Waals surface area (Å²) >= 11 is 1.58. The number of carbonyl (C=O) groups is 2. The molecule has 24 heavy (non-hydrogen) atoms. The summed E-state index contributed by atoms with van der Waals surface area (Å²) in [5, 5.41) is 13.0. The molecule has 2 heterocycles. The highest BCUT2D eigenvalue weighted by molar-refractivity contribution is 7.12. The second-order valence-corrected chi connectivity index (χ2v) is 7.67. The molecule has 0 saturated heterocycles. The van der Waals surface area contributed by atoms with E-state index in [-0.39, 0.29) is 31.1 Å². The third-order valence-corrected chi connectivity index (χ3v) is 4.79. The molecule has 2 aromatic heterocycles. The number of hydrogen-bond acceptors (Lipinski definition) is 5. The van der Waals surface area contributed by atoms with Crippen LogP contribution in [0.3, 0.4) is 0 Å². The van der Waals surface area contributed by atoms with Gasteiger partial charge in [-0.3, -0.25) is 9.59 Å². The second kappa shape index (κ2) is 7.32. The Balaban J connectivity index is 1.83. The maximum absolute atomic E-state index is 12.2. The van der Waals surface area contributed by atoms with Crippen molar-refractivity contribution in [2.24, 2.45) is 0 Å². The van der Waals surface area contributed by atoms with E-state index < -0.39 is 5.60 Å². The van der Waals surface area contributed by atoms with E-state index in [1.165, 1.54) is 0 Å². The fraction of sp³-hybridized carbons (Fsp3) is 0.444. The van der Waals surface area contributed by atoms with Gasteiger partial charge in [0.25, 0.3) is 0 Å². The quantitative estimate of drug-likeness (QED) is 0.752. The Bertz CT molecular complexity index is 742. The highest BCUT2D eigenvalue weighted by Crippen LogP contribution is 2.23. The monoisotopic (exact) mass is 349 g/mol. The van der Waals surface area contributed by atoms with E-state index in [2.05, 4.69) is 5.32 Å². The molecule has 0 radical (unpaired) electrons. The lowest BCUT2D eigenvalue weighted by atomic mass is 10.0. The zero-order valence-electron chi connectivity index (χ0n) is 14.4. The Morgan fingerprint density at radius 2 is 1.96 bits per heavy atom. The number of rotatable bonds is 7. The summed E-state index contributed by atoms with van der Waals surface area (Å²) in [7, 11) is 0. The van der Waals surface area contributed by atoms with Crippen molar-refractivity contribution in [2.45, 2.75) is 46.1 Å². The van der Waals surface area contributed by atoms with E-state index in [9.17, 15) is 14.7 Å². The van der Waals surface area contributed by atoms with Gasteiger partial charge in [0.1, 0.15) is 17.1 Å². The van der Waals surface area contributed by atoms with E-state index in [4.69, 9.17) is 4.42 Å². The van der Waals surface area contributed by atoms with Gasteiger partial charge in [-0.2, -0.15) is 0 Å². The van der Waals surface area contributed by atoms with E-state index in [0.717, 1.165) is 9.75 Å². The van der Waals surface area contributed by atoms with Gasteiger partial charge >= 0.3 is 0 Å². The van der Waals surface area contributed by atoms with E-state index in [1.807, 2.05) is 19.9 Å². The summed E-state index contributed by atoms with van der Waals surface area (Å²) in [6.45, 7) is 7.27. The molecular formula is C18H23NO4S.